The van der Waals surface area contributed by atoms with E-state index in [9.17, 15) is 5.11 Å². The summed E-state index contributed by atoms with van der Waals surface area (Å²) in [5, 5.41) is 10.1. The van der Waals surface area contributed by atoms with Gasteiger partial charge in [-0.1, -0.05) is 42.1 Å². The molecule has 138 valence electrons. The Labute approximate surface area is 162 Å². The molecule has 0 aliphatic heterocycles. The van der Waals surface area contributed by atoms with Crippen LogP contribution in [0.4, 0.5) is 0 Å². The molecule has 0 bridgehead atoms. The number of thiazole rings is 1. The number of hydrogen-bond acceptors (Lipinski definition) is 6. The van der Waals surface area contributed by atoms with Crippen LogP contribution in [0.15, 0.2) is 46.8 Å². The van der Waals surface area contributed by atoms with Gasteiger partial charge in [0.2, 0.25) is 0 Å². The number of rotatable bonds is 9. The van der Waals surface area contributed by atoms with Crippen molar-refractivity contribution in [3.05, 3.63) is 53.6 Å². The van der Waals surface area contributed by atoms with Gasteiger partial charge in [-0.3, -0.25) is 0 Å². The molecule has 26 heavy (non-hydrogen) atoms. The summed E-state index contributed by atoms with van der Waals surface area (Å²) in [6.07, 6.45) is -0.521. The molecule has 0 amide bonds. The smallest absolute Gasteiger partial charge is 0.151 e. The first-order valence-electron chi connectivity index (χ1n) is 8.56. The lowest BCUT2D eigenvalue weighted by Gasteiger charge is -2.13. The fourth-order valence-corrected chi connectivity index (χ4v) is 4.58. The molecule has 1 N–H and O–H groups in total. The minimum absolute atomic E-state index is 0.300. The molecule has 0 saturated heterocycles. The Morgan fingerprint density at radius 2 is 1.85 bits per heavy atom. The molecular formula is C20H23NO3S2. The van der Waals surface area contributed by atoms with Crippen LogP contribution in [0.25, 0.3) is 10.2 Å². The van der Waals surface area contributed by atoms with E-state index in [0.29, 0.717) is 25.6 Å². The van der Waals surface area contributed by atoms with E-state index < -0.39 is 6.10 Å². The second-order valence-corrected chi connectivity index (χ2v) is 8.35. The van der Waals surface area contributed by atoms with Gasteiger partial charge >= 0.3 is 0 Å². The van der Waals surface area contributed by atoms with Crippen molar-refractivity contribution in [3.63, 3.8) is 0 Å². The van der Waals surface area contributed by atoms with Crippen molar-refractivity contribution in [1.29, 1.82) is 0 Å². The van der Waals surface area contributed by atoms with E-state index in [1.165, 1.54) is 4.70 Å². The van der Waals surface area contributed by atoms with Gasteiger partial charge in [-0.25, -0.2) is 4.98 Å². The molecule has 3 aromatic rings. The van der Waals surface area contributed by atoms with Gasteiger partial charge in [0.15, 0.2) is 4.34 Å². The molecule has 3 rings (SSSR count). The normalized spacial score (nSPS) is 12.4. The highest BCUT2D eigenvalue weighted by Gasteiger charge is 2.09. The molecular weight excluding hydrogens is 366 g/mol. The fraction of sp³-hybridized carbons (Fsp3) is 0.350. The zero-order chi connectivity index (χ0) is 18.4. The quantitative estimate of drug-likeness (QED) is 0.432. The number of aryl methyl sites for hydroxylation is 2. The van der Waals surface area contributed by atoms with Crippen LogP contribution < -0.4 is 4.74 Å². The van der Waals surface area contributed by atoms with Gasteiger partial charge in [-0.05, 0) is 37.1 Å². The first-order chi connectivity index (χ1) is 12.6. The molecule has 0 saturated carbocycles. The summed E-state index contributed by atoms with van der Waals surface area (Å²) < 4.78 is 13.5. The Balaban J connectivity index is 1.34. The second-order valence-electron chi connectivity index (χ2n) is 6.06. The van der Waals surface area contributed by atoms with Gasteiger partial charge in [0.1, 0.15) is 12.4 Å². The lowest BCUT2D eigenvalue weighted by Crippen LogP contribution is -2.20. The Hall–Kier alpha value is -1.60. The van der Waals surface area contributed by atoms with Crippen molar-refractivity contribution in [1.82, 2.24) is 4.98 Å². The number of aromatic nitrogens is 1. The van der Waals surface area contributed by atoms with Crippen LogP contribution in [-0.4, -0.2) is 41.8 Å². The second kappa shape index (κ2) is 9.37. The monoisotopic (exact) mass is 389 g/mol. The van der Waals surface area contributed by atoms with E-state index in [-0.39, 0.29) is 0 Å². The molecule has 6 heteroatoms. The number of aliphatic hydroxyl groups excluding tert-OH is 1. The molecule has 1 atom stereocenters. The van der Waals surface area contributed by atoms with Crippen LogP contribution in [0.3, 0.4) is 0 Å². The molecule has 4 nitrogen and oxygen atoms in total. The molecule has 1 unspecified atom stereocenters. The number of aliphatic hydroxyl groups is 1. The van der Waals surface area contributed by atoms with Crippen molar-refractivity contribution in [2.45, 2.75) is 24.3 Å². The predicted octanol–water partition coefficient (Wildman–Crippen LogP) is 4.46. The molecule has 0 fully saturated rings. The van der Waals surface area contributed by atoms with Crippen LogP contribution in [0.5, 0.6) is 5.75 Å². The van der Waals surface area contributed by atoms with Crippen molar-refractivity contribution < 1.29 is 14.6 Å². The Morgan fingerprint density at radius 1 is 1.08 bits per heavy atom. The zero-order valence-electron chi connectivity index (χ0n) is 15.0. The molecule has 0 aliphatic carbocycles. The average molecular weight is 390 g/mol. The maximum absolute atomic E-state index is 10.1. The third-order valence-electron chi connectivity index (χ3n) is 3.87. The summed E-state index contributed by atoms with van der Waals surface area (Å²) in [5.74, 6) is 1.49. The first-order valence-corrected chi connectivity index (χ1v) is 10.4. The van der Waals surface area contributed by atoms with Crippen LogP contribution in [0.2, 0.25) is 0 Å². The summed E-state index contributed by atoms with van der Waals surface area (Å²) in [5.41, 5.74) is 3.25. The summed E-state index contributed by atoms with van der Waals surface area (Å²) in [6.45, 7) is 5.30. The van der Waals surface area contributed by atoms with Crippen LogP contribution in [0, 0.1) is 13.8 Å². The Kier molecular flexibility index (Phi) is 6.91. The zero-order valence-corrected chi connectivity index (χ0v) is 16.6. The summed E-state index contributed by atoms with van der Waals surface area (Å²) in [4.78, 5) is 4.55. The topological polar surface area (TPSA) is 51.6 Å². The maximum Gasteiger partial charge on any atom is 0.151 e. The first kappa shape index (κ1) is 19.2. The number of hydrogen-bond donors (Lipinski definition) is 1. The number of nitrogens with zero attached hydrogens (tertiary/aromatic N) is 1. The molecule has 1 heterocycles. The largest absolute Gasteiger partial charge is 0.491 e. The average Bonchev–Trinajstić information content (AvgIpc) is 3.05. The number of para-hydroxylation sites is 2. The summed E-state index contributed by atoms with van der Waals surface area (Å²) in [6, 6.07) is 14.2. The highest BCUT2D eigenvalue weighted by Crippen LogP contribution is 2.29. The van der Waals surface area contributed by atoms with Gasteiger partial charge in [0.05, 0.1) is 29.5 Å². The van der Waals surface area contributed by atoms with Gasteiger partial charge in [0, 0.05) is 5.75 Å². The number of ether oxygens (including phenoxy) is 2. The lowest BCUT2D eigenvalue weighted by atomic mass is 10.1. The van der Waals surface area contributed by atoms with Gasteiger partial charge in [-0.15, -0.1) is 11.3 Å². The van der Waals surface area contributed by atoms with E-state index >= 15 is 0 Å². The third-order valence-corrected chi connectivity index (χ3v) is 6.19. The van der Waals surface area contributed by atoms with Gasteiger partial charge in [-0.2, -0.15) is 0 Å². The van der Waals surface area contributed by atoms with Crippen LogP contribution in [-0.2, 0) is 4.74 Å². The number of thioether (sulfide) groups is 1. The SMILES string of the molecule is Cc1cccc(C)c1OCCOCC(O)CSc1nc2ccccc2s1. The fourth-order valence-electron chi connectivity index (χ4n) is 2.58. The van der Waals surface area contributed by atoms with Crippen LogP contribution >= 0.6 is 23.1 Å². The van der Waals surface area contributed by atoms with Crippen molar-refractivity contribution in [2.75, 3.05) is 25.6 Å². The molecule has 0 radical (unpaired) electrons. The molecule has 0 aliphatic rings. The standard InChI is InChI=1S/C20H23NO3S2/c1-14-6-5-7-15(2)19(14)24-11-10-23-12-16(22)13-25-20-21-17-8-3-4-9-18(17)26-20/h3-9,16,22H,10-13H2,1-2H3. The third kappa shape index (κ3) is 5.20. The number of fused-ring (bicyclic) bond motifs is 1. The Bertz CT molecular complexity index is 797. The predicted molar refractivity (Wildman–Crippen MR) is 109 cm³/mol. The van der Waals surface area contributed by atoms with E-state index in [0.717, 1.165) is 26.7 Å². The van der Waals surface area contributed by atoms with Crippen LogP contribution in [0.1, 0.15) is 11.1 Å². The molecule has 1 aromatic heterocycles. The Morgan fingerprint density at radius 3 is 2.62 bits per heavy atom. The van der Waals surface area contributed by atoms with E-state index in [1.54, 1.807) is 23.1 Å². The van der Waals surface area contributed by atoms with Crippen molar-refractivity contribution in [3.8, 4) is 5.75 Å². The number of benzene rings is 2. The minimum Gasteiger partial charge on any atom is -0.491 e. The van der Waals surface area contributed by atoms with Gasteiger partial charge in [0.25, 0.3) is 0 Å². The van der Waals surface area contributed by atoms with Gasteiger partial charge < -0.3 is 14.6 Å². The van der Waals surface area contributed by atoms with Crippen molar-refractivity contribution >= 4 is 33.3 Å². The maximum atomic E-state index is 10.1. The van der Waals surface area contributed by atoms with E-state index in [1.807, 2.05) is 50.2 Å². The van der Waals surface area contributed by atoms with E-state index in [2.05, 4.69) is 11.1 Å². The molecule has 2 aromatic carbocycles. The van der Waals surface area contributed by atoms with E-state index in [4.69, 9.17) is 9.47 Å². The summed E-state index contributed by atoms with van der Waals surface area (Å²) in [7, 11) is 0. The highest BCUT2D eigenvalue weighted by atomic mass is 32.2. The van der Waals surface area contributed by atoms with Crippen molar-refractivity contribution in [2.24, 2.45) is 0 Å². The molecule has 0 spiro atoms. The minimum atomic E-state index is -0.521. The highest BCUT2D eigenvalue weighted by molar-refractivity contribution is 8.01. The summed E-state index contributed by atoms with van der Waals surface area (Å²) >= 11 is 3.22. The lowest BCUT2D eigenvalue weighted by molar-refractivity contribution is 0.0347.